The number of ether oxygens (including phenoxy) is 1. The van der Waals surface area contributed by atoms with E-state index in [0.717, 1.165) is 12.2 Å². The molecule has 0 saturated heterocycles. The van der Waals surface area contributed by atoms with Crippen LogP contribution in [0.1, 0.15) is 11.1 Å². The van der Waals surface area contributed by atoms with Gasteiger partial charge in [0.1, 0.15) is 5.76 Å². The highest BCUT2D eigenvalue weighted by atomic mass is 16.5. The summed E-state index contributed by atoms with van der Waals surface area (Å²) in [4.78, 5) is 0. The molecule has 0 fully saturated rings. The van der Waals surface area contributed by atoms with Gasteiger partial charge in [-0.05, 0) is 61.7 Å². The van der Waals surface area contributed by atoms with Crippen molar-refractivity contribution in [3.63, 3.8) is 0 Å². The molecule has 1 nitrogen and oxygen atoms in total. The second-order valence-corrected chi connectivity index (χ2v) is 6.21. The van der Waals surface area contributed by atoms with Crippen LogP contribution in [-0.4, -0.2) is 7.11 Å². The van der Waals surface area contributed by atoms with E-state index in [9.17, 15) is 0 Å². The van der Waals surface area contributed by atoms with Gasteiger partial charge in [0.05, 0.1) is 7.11 Å². The summed E-state index contributed by atoms with van der Waals surface area (Å²) < 4.78 is 5.45. The molecule has 23 heavy (non-hydrogen) atoms. The Balaban J connectivity index is 1.90. The maximum atomic E-state index is 5.45. The first-order valence-corrected chi connectivity index (χ1v) is 7.95. The lowest BCUT2D eigenvalue weighted by molar-refractivity contribution is 0.289. The number of allylic oxidation sites excluding steroid dienone is 1. The maximum Gasteiger partial charge on any atom is 0.101 e. The van der Waals surface area contributed by atoms with Gasteiger partial charge in [-0.2, -0.15) is 0 Å². The third-order valence-electron chi connectivity index (χ3n) is 4.95. The Bertz CT molecular complexity index is 1120. The van der Waals surface area contributed by atoms with Crippen LogP contribution in [0.25, 0.3) is 38.4 Å². The molecule has 5 rings (SSSR count). The summed E-state index contributed by atoms with van der Waals surface area (Å²) in [5.41, 5.74) is 2.67. The van der Waals surface area contributed by atoms with Crippen molar-refractivity contribution in [3.05, 3.63) is 77.5 Å². The maximum absolute atomic E-state index is 5.45. The van der Waals surface area contributed by atoms with Crippen LogP contribution in [-0.2, 0) is 11.2 Å². The number of fused-ring (bicyclic) bond motifs is 6. The summed E-state index contributed by atoms with van der Waals surface area (Å²) in [5, 5.41) is 7.84. The molecule has 4 aromatic rings. The first-order chi connectivity index (χ1) is 11.3. The fourth-order valence-electron chi connectivity index (χ4n) is 3.75. The van der Waals surface area contributed by atoms with Crippen LogP contribution in [0, 0.1) is 0 Å². The fourth-order valence-corrected chi connectivity index (χ4v) is 3.75. The summed E-state index contributed by atoms with van der Waals surface area (Å²) in [6.07, 6.45) is 3.09. The second-order valence-electron chi connectivity index (χ2n) is 6.21. The Morgan fingerprint density at radius 1 is 0.739 bits per heavy atom. The molecule has 0 unspecified atom stereocenters. The predicted octanol–water partition coefficient (Wildman–Crippen LogP) is 5.69. The Labute approximate surface area is 134 Å². The smallest absolute Gasteiger partial charge is 0.101 e. The van der Waals surface area contributed by atoms with Crippen molar-refractivity contribution >= 4 is 38.4 Å². The quantitative estimate of drug-likeness (QED) is 0.324. The molecule has 1 heteroatoms. The molecule has 0 saturated carbocycles. The minimum absolute atomic E-state index is 0.900. The molecule has 0 aromatic heterocycles. The van der Waals surface area contributed by atoms with E-state index in [-0.39, 0.29) is 0 Å². The molecule has 0 atom stereocenters. The first-order valence-electron chi connectivity index (χ1n) is 7.95. The monoisotopic (exact) mass is 296 g/mol. The predicted molar refractivity (Wildman–Crippen MR) is 97.7 cm³/mol. The molecule has 0 N–H and O–H groups in total. The zero-order valence-corrected chi connectivity index (χ0v) is 13.0. The Hall–Kier alpha value is -2.80. The lowest BCUT2D eigenvalue weighted by Crippen LogP contribution is -1.88. The van der Waals surface area contributed by atoms with Gasteiger partial charge in [-0.3, -0.25) is 0 Å². The average Bonchev–Trinajstić information content (AvgIpc) is 3.03. The largest absolute Gasteiger partial charge is 0.501 e. The summed E-state index contributed by atoms with van der Waals surface area (Å²) in [5.74, 6) is 1.05. The minimum Gasteiger partial charge on any atom is -0.501 e. The van der Waals surface area contributed by atoms with Crippen LogP contribution in [0.4, 0.5) is 0 Å². The standard InChI is InChI=1S/C22H16O/c1-23-18-11-17-7-9-19-20(22(17)13-18)8-6-16-10-14-4-2-3-5-15(14)12-21(16)19/h2-10,12-13H,11H2,1H3. The number of benzene rings is 4. The Kier molecular flexibility index (Phi) is 2.54. The van der Waals surface area contributed by atoms with Gasteiger partial charge >= 0.3 is 0 Å². The van der Waals surface area contributed by atoms with Gasteiger partial charge in [0.25, 0.3) is 0 Å². The molecule has 0 aliphatic heterocycles. The normalized spacial score (nSPS) is 13.5. The molecule has 1 aliphatic rings. The summed E-state index contributed by atoms with van der Waals surface area (Å²) >= 11 is 0. The van der Waals surface area contributed by atoms with E-state index < -0.39 is 0 Å². The van der Waals surface area contributed by atoms with Crippen LogP contribution in [0.5, 0.6) is 0 Å². The number of rotatable bonds is 1. The van der Waals surface area contributed by atoms with Crippen molar-refractivity contribution < 1.29 is 4.74 Å². The highest BCUT2D eigenvalue weighted by Gasteiger charge is 2.16. The topological polar surface area (TPSA) is 9.23 Å². The van der Waals surface area contributed by atoms with Gasteiger partial charge in [0.2, 0.25) is 0 Å². The van der Waals surface area contributed by atoms with Gasteiger partial charge in [0, 0.05) is 6.42 Å². The van der Waals surface area contributed by atoms with Crippen LogP contribution in [0.2, 0.25) is 0 Å². The van der Waals surface area contributed by atoms with Crippen LogP contribution >= 0.6 is 0 Å². The highest BCUT2D eigenvalue weighted by molar-refractivity contribution is 6.14. The van der Waals surface area contributed by atoms with Crippen molar-refractivity contribution in [2.75, 3.05) is 7.11 Å². The Morgan fingerprint density at radius 2 is 1.52 bits per heavy atom. The van der Waals surface area contributed by atoms with Gasteiger partial charge in [0.15, 0.2) is 0 Å². The lowest BCUT2D eigenvalue weighted by atomic mass is 9.94. The van der Waals surface area contributed by atoms with Crippen molar-refractivity contribution in [2.24, 2.45) is 0 Å². The molecule has 0 radical (unpaired) electrons. The molecule has 1 aliphatic carbocycles. The third-order valence-corrected chi connectivity index (χ3v) is 4.95. The summed E-state index contributed by atoms with van der Waals surface area (Å²) in [6.45, 7) is 0. The van der Waals surface area contributed by atoms with Gasteiger partial charge in [-0.15, -0.1) is 0 Å². The fraction of sp³-hybridized carbons (Fsp3) is 0.0909. The lowest BCUT2D eigenvalue weighted by Gasteiger charge is -2.09. The third kappa shape index (κ3) is 1.80. The SMILES string of the molecule is COC1=Cc2c(ccc3c2ccc2cc4ccccc4cc23)C1. The van der Waals surface area contributed by atoms with E-state index in [0.29, 0.717) is 0 Å². The minimum atomic E-state index is 0.900. The van der Waals surface area contributed by atoms with Crippen molar-refractivity contribution in [2.45, 2.75) is 6.42 Å². The van der Waals surface area contributed by atoms with Crippen molar-refractivity contribution in [1.29, 1.82) is 0 Å². The zero-order valence-electron chi connectivity index (χ0n) is 13.0. The van der Waals surface area contributed by atoms with Gasteiger partial charge in [-0.25, -0.2) is 0 Å². The van der Waals surface area contributed by atoms with E-state index in [4.69, 9.17) is 4.74 Å². The van der Waals surface area contributed by atoms with E-state index >= 15 is 0 Å². The molecular weight excluding hydrogens is 280 g/mol. The number of hydrogen-bond acceptors (Lipinski definition) is 1. The van der Waals surface area contributed by atoms with Crippen LogP contribution in [0.3, 0.4) is 0 Å². The van der Waals surface area contributed by atoms with E-state index in [1.165, 1.54) is 43.4 Å². The number of hydrogen-bond donors (Lipinski definition) is 0. The van der Waals surface area contributed by atoms with E-state index in [1.807, 2.05) is 0 Å². The Morgan fingerprint density at radius 3 is 2.35 bits per heavy atom. The summed E-state index contributed by atoms with van der Waals surface area (Å²) in [6, 6.07) is 22.2. The number of methoxy groups -OCH3 is 1. The molecule has 4 aromatic carbocycles. The van der Waals surface area contributed by atoms with Gasteiger partial charge in [-0.1, -0.05) is 48.5 Å². The van der Waals surface area contributed by atoms with Crippen LogP contribution < -0.4 is 0 Å². The van der Waals surface area contributed by atoms with E-state index in [1.54, 1.807) is 7.11 Å². The second kappa shape index (κ2) is 4.60. The van der Waals surface area contributed by atoms with Gasteiger partial charge < -0.3 is 4.74 Å². The molecule has 0 amide bonds. The van der Waals surface area contributed by atoms with E-state index in [2.05, 4.69) is 66.7 Å². The molecule has 0 bridgehead atoms. The van der Waals surface area contributed by atoms with Crippen LogP contribution in [0.15, 0.2) is 66.4 Å². The highest BCUT2D eigenvalue weighted by Crippen LogP contribution is 2.36. The molecule has 0 heterocycles. The molecule has 110 valence electrons. The first kappa shape index (κ1) is 12.7. The van der Waals surface area contributed by atoms with Crippen molar-refractivity contribution in [3.8, 4) is 0 Å². The van der Waals surface area contributed by atoms with Crippen molar-refractivity contribution in [1.82, 2.24) is 0 Å². The summed E-state index contributed by atoms with van der Waals surface area (Å²) in [7, 11) is 1.75. The molecular formula is C22H16O. The molecule has 0 spiro atoms. The zero-order chi connectivity index (χ0) is 15.4. The average molecular weight is 296 g/mol.